The zero-order chi connectivity index (χ0) is 16.7. The topological polar surface area (TPSA) is 92.5 Å². The smallest absolute Gasteiger partial charge is 0.402 e. The Morgan fingerprint density at radius 1 is 0.818 bits per heavy atom. The Morgan fingerprint density at radius 2 is 1.18 bits per heavy atom. The lowest BCUT2D eigenvalue weighted by molar-refractivity contribution is -0.173. The number of hydrogen-bond acceptors (Lipinski definition) is 4. The first kappa shape index (κ1) is 15.8. The number of alkyl halides is 3. The minimum atomic E-state index is -4.64. The molecule has 4 nitrogen and oxygen atoms in total. The lowest BCUT2D eigenvalue weighted by Gasteiger charge is -2.33. The molecule has 2 aromatic carbocycles. The van der Waals surface area contributed by atoms with E-state index in [4.69, 9.17) is 11.5 Å². The molecular weight excluding hydrogens is 297 g/mol. The third-order valence-electron chi connectivity index (χ3n) is 3.78. The van der Waals surface area contributed by atoms with Crippen LogP contribution in [0.15, 0.2) is 36.4 Å². The number of halogens is 3. The van der Waals surface area contributed by atoms with Crippen LogP contribution < -0.4 is 11.5 Å². The molecule has 118 valence electrons. The van der Waals surface area contributed by atoms with Crippen LogP contribution in [-0.4, -0.2) is 16.4 Å². The van der Waals surface area contributed by atoms with Crippen molar-refractivity contribution in [3.63, 3.8) is 0 Å². The SMILES string of the molecule is CC(c1ccc(O)c(N)c1)(c1ccc(O)c(N)c1)C(F)(F)F. The van der Waals surface area contributed by atoms with Gasteiger partial charge in [-0.25, -0.2) is 0 Å². The number of anilines is 2. The van der Waals surface area contributed by atoms with Crippen molar-refractivity contribution < 1.29 is 23.4 Å². The van der Waals surface area contributed by atoms with Gasteiger partial charge in [-0.3, -0.25) is 0 Å². The van der Waals surface area contributed by atoms with Gasteiger partial charge in [-0.2, -0.15) is 13.2 Å². The molecule has 0 spiro atoms. The van der Waals surface area contributed by atoms with Crippen molar-refractivity contribution in [3.05, 3.63) is 47.5 Å². The minimum absolute atomic E-state index is 0.139. The predicted octanol–water partition coefficient (Wildman–Crippen LogP) is 3.13. The summed E-state index contributed by atoms with van der Waals surface area (Å²) in [7, 11) is 0. The molecule has 0 radical (unpaired) electrons. The average Bonchev–Trinajstić information content (AvgIpc) is 2.42. The summed E-state index contributed by atoms with van der Waals surface area (Å²) in [6, 6.07) is 6.68. The Labute approximate surface area is 124 Å². The minimum Gasteiger partial charge on any atom is -0.506 e. The van der Waals surface area contributed by atoms with Crippen molar-refractivity contribution in [1.29, 1.82) is 0 Å². The fourth-order valence-electron chi connectivity index (χ4n) is 2.23. The van der Waals surface area contributed by atoms with Crippen LogP contribution >= 0.6 is 0 Å². The molecule has 0 unspecified atom stereocenters. The van der Waals surface area contributed by atoms with Gasteiger partial charge in [0.1, 0.15) is 16.9 Å². The highest BCUT2D eigenvalue weighted by atomic mass is 19.4. The molecule has 0 saturated carbocycles. The second-order valence-electron chi connectivity index (χ2n) is 5.17. The molecule has 0 aromatic heterocycles. The van der Waals surface area contributed by atoms with Gasteiger partial charge in [0.25, 0.3) is 0 Å². The van der Waals surface area contributed by atoms with E-state index >= 15 is 0 Å². The summed E-state index contributed by atoms with van der Waals surface area (Å²) in [6.45, 7) is 0.991. The summed E-state index contributed by atoms with van der Waals surface area (Å²) < 4.78 is 41.2. The van der Waals surface area contributed by atoms with Crippen molar-refractivity contribution in [2.75, 3.05) is 11.5 Å². The zero-order valence-electron chi connectivity index (χ0n) is 11.6. The van der Waals surface area contributed by atoms with Gasteiger partial charge < -0.3 is 21.7 Å². The summed E-state index contributed by atoms with van der Waals surface area (Å²) in [5.74, 6) is -0.586. The molecular formula is C15H15F3N2O2. The van der Waals surface area contributed by atoms with E-state index in [0.717, 1.165) is 43.3 Å². The third kappa shape index (κ3) is 2.38. The highest BCUT2D eigenvalue weighted by Crippen LogP contribution is 2.48. The fourth-order valence-corrected chi connectivity index (χ4v) is 2.23. The molecule has 0 heterocycles. The number of hydrogen-bond donors (Lipinski definition) is 4. The first-order valence-corrected chi connectivity index (χ1v) is 6.32. The molecule has 7 heteroatoms. The summed E-state index contributed by atoms with van der Waals surface area (Å²) in [6.07, 6.45) is -4.64. The first-order valence-electron chi connectivity index (χ1n) is 6.32. The third-order valence-corrected chi connectivity index (χ3v) is 3.78. The molecule has 0 fully saturated rings. The van der Waals surface area contributed by atoms with Crippen LogP contribution in [0.2, 0.25) is 0 Å². The lowest BCUT2D eigenvalue weighted by Crippen LogP contribution is -2.40. The Bertz CT molecular complexity index is 663. The Hall–Kier alpha value is -2.57. The lowest BCUT2D eigenvalue weighted by atomic mass is 9.75. The molecule has 0 aliphatic heterocycles. The normalized spacial score (nSPS) is 12.4. The molecule has 0 aliphatic rings. The van der Waals surface area contributed by atoms with E-state index in [9.17, 15) is 23.4 Å². The van der Waals surface area contributed by atoms with Crippen molar-refractivity contribution in [3.8, 4) is 11.5 Å². The molecule has 0 aliphatic carbocycles. The highest BCUT2D eigenvalue weighted by molar-refractivity contribution is 5.60. The molecule has 2 aromatic rings. The van der Waals surface area contributed by atoms with Gasteiger partial charge in [-0.1, -0.05) is 12.1 Å². The number of aromatic hydroxyl groups is 2. The maximum absolute atomic E-state index is 13.7. The standard InChI is InChI=1S/C15H15F3N2O2/c1-14(15(16,17)18,8-2-4-12(21)10(19)6-8)9-3-5-13(22)11(20)7-9/h2-7,21-22H,19-20H2,1H3. The summed E-state index contributed by atoms with van der Waals surface area (Å²) >= 11 is 0. The van der Waals surface area contributed by atoms with Crippen LogP contribution in [0.4, 0.5) is 24.5 Å². The van der Waals surface area contributed by atoms with Crippen LogP contribution in [0.5, 0.6) is 11.5 Å². The fraction of sp³-hybridized carbons (Fsp3) is 0.200. The van der Waals surface area contributed by atoms with Crippen molar-refractivity contribution in [2.24, 2.45) is 0 Å². The van der Waals surface area contributed by atoms with Crippen LogP contribution in [-0.2, 0) is 5.41 Å². The van der Waals surface area contributed by atoms with Gasteiger partial charge in [-0.05, 0) is 42.3 Å². The molecule has 0 saturated heterocycles. The van der Waals surface area contributed by atoms with Gasteiger partial charge in [0.2, 0.25) is 0 Å². The van der Waals surface area contributed by atoms with E-state index in [2.05, 4.69) is 0 Å². The quantitative estimate of drug-likeness (QED) is 0.506. The monoisotopic (exact) mass is 312 g/mol. The largest absolute Gasteiger partial charge is 0.506 e. The van der Waals surface area contributed by atoms with Gasteiger partial charge in [0, 0.05) is 0 Å². The van der Waals surface area contributed by atoms with Crippen LogP contribution in [0.1, 0.15) is 18.1 Å². The Balaban J connectivity index is 2.72. The van der Waals surface area contributed by atoms with Crippen LogP contribution in [0.3, 0.4) is 0 Å². The zero-order valence-corrected chi connectivity index (χ0v) is 11.6. The number of rotatable bonds is 2. The van der Waals surface area contributed by atoms with E-state index in [-0.39, 0.29) is 34.0 Å². The number of nitrogens with two attached hydrogens (primary N) is 2. The van der Waals surface area contributed by atoms with E-state index in [0.29, 0.717) is 0 Å². The molecule has 22 heavy (non-hydrogen) atoms. The van der Waals surface area contributed by atoms with Crippen LogP contribution in [0, 0.1) is 0 Å². The second-order valence-corrected chi connectivity index (χ2v) is 5.17. The molecule has 2 rings (SSSR count). The second kappa shape index (κ2) is 5.01. The summed E-state index contributed by atoms with van der Waals surface area (Å²) in [5.41, 5.74) is 8.05. The summed E-state index contributed by atoms with van der Waals surface area (Å²) in [5, 5.41) is 18.8. The van der Waals surface area contributed by atoms with E-state index in [1.807, 2.05) is 0 Å². The molecule has 0 atom stereocenters. The van der Waals surface area contributed by atoms with E-state index < -0.39 is 11.6 Å². The average molecular weight is 312 g/mol. The number of phenols is 2. The Kier molecular flexibility index (Phi) is 3.60. The van der Waals surface area contributed by atoms with E-state index in [1.165, 1.54) is 0 Å². The molecule has 0 amide bonds. The van der Waals surface area contributed by atoms with Gasteiger partial charge in [0.05, 0.1) is 11.4 Å². The maximum atomic E-state index is 13.7. The van der Waals surface area contributed by atoms with Crippen molar-refractivity contribution in [2.45, 2.75) is 18.5 Å². The number of benzene rings is 2. The number of phenolic OH excluding ortho intramolecular Hbond substituents is 2. The van der Waals surface area contributed by atoms with Gasteiger partial charge in [-0.15, -0.1) is 0 Å². The maximum Gasteiger partial charge on any atom is 0.402 e. The highest BCUT2D eigenvalue weighted by Gasteiger charge is 2.53. The molecule has 6 N–H and O–H groups in total. The van der Waals surface area contributed by atoms with Crippen molar-refractivity contribution in [1.82, 2.24) is 0 Å². The summed E-state index contributed by atoms with van der Waals surface area (Å²) in [4.78, 5) is 0. The van der Waals surface area contributed by atoms with Crippen LogP contribution in [0.25, 0.3) is 0 Å². The van der Waals surface area contributed by atoms with Gasteiger partial charge in [0.15, 0.2) is 0 Å². The first-order chi connectivity index (χ1) is 10.1. The van der Waals surface area contributed by atoms with E-state index in [1.54, 1.807) is 0 Å². The predicted molar refractivity (Wildman–Crippen MR) is 77.5 cm³/mol. The van der Waals surface area contributed by atoms with Crippen molar-refractivity contribution >= 4 is 11.4 Å². The number of nitrogen functional groups attached to an aromatic ring is 2. The molecule has 0 bridgehead atoms. The Morgan fingerprint density at radius 3 is 1.45 bits per heavy atom. The van der Waals surface area contributed by atoms with Gasteiger partial charge >= 0.3 is 6.18 Å².